The van der Waals surface area contributed by atoms with Gasteiger partial charge in [0.1, 0.15) is 6.33 Å². The van der Waals surface area contributed by atoms with Crippen molar-refractivity contribution in [2.45, 2.75) is 13.2 Å². The third kappa shape index (κ3) is 3.37. The summed E-state index contributed by atoms with van der Waals surface area (Å²) in [6, 6.07) is 9.91. The lowest BCUT2D eigenvalue weighted by molar-refractivity contribution is 0.104. The molecule has 0 bridgehead atoms. The second kappa shape index (κ2) is 5.92. The largest absolute Gasteiger partial charge is 0.492 e. The zero-order chi connectivity index (χ0) is 12.1. The van der Waals surface area contributed by atoms with Gasteiger partial charge in [-0.1, -0.05) is 30.3 Å². The molecule has 1 N–H and O–H groups in total. The van der Waals surface area contributed by atoms with E-state index >= 15 is 0 Å². The first-order valence-electron chi connectivity index (χ1n) is 5.07. The van der Waals surface area contributed by atoms with Crippen LogP contribution < -0.4 is 0 Å². The molecule has 0 spiro atoms. The van der Waals surface area contributed by atoms with Gasteiger partial charge in [0, 0.05) is 0 Å². The molecular formula is C12H11IN2O2. The summed E-state index contributed by atoms with van der Waals surface area (Å²) in [7, 11) is 0. The minimum Gasteiger partial charge on any atom is -0.492 e. The Morgan fingerprint density at radius 2 is 1.88 bits per heavy atom. The second-order valence-corrected chi connectivity index (χ2v) is 4.52. The second-order valence-electron chi connectivity index (χ2n) is 3.44. The number of benzene rings is 1. The van der Waals surface area contributed by atoms with Gasteiger partial charge in [-0.05, 0) is 28.2 Å². The Labute approximate surface area is 113 Å². The van der Waals surface area contributed by atoms with Gasteiger partial charge in [-0.3, -0.25) is 0 Å². The van der Waals surface area contributed by atoms with Crippen LogP contribution in [0.2, 0.25) is 0 Å². The van der Waals surface area contributed by atoms with E-state index < -0.39 is 0 Å². The van der Waals surface area contributed by atoms with Crippen molar-refractivity contribution in [1.82, 2.24) is 9.97 Å². The summed E-state index contributed by atoms with van der Waals surface area (Å²) in [5.74, 6) is -0.00101. The summed E-state index contributed by atoms with van der Waals surface area (Å²) in [4.78, 5) is 7.75. The number of nitrogens with zero attached hydrogens (tertiary/aromatic N) is 2. The molecule has 17 heavy (non-hydrogen) atoms. The Morgan fingerprint density at radius 1 is 1.12 bits per heavy atom. The Balaban J connectivity index is 1.93. The van der Waals surface area contributed by atoms with Gasteiger partial charge in [-0.25, -0.2) is 9.97 Å². The lowest BCUT2D eigenvalue weighted by Gasteiger charge is -2.06. The summed E-state index contributed by atoms with van der Waals surface area (Å²) in [6.45, 7) is 0.894. The van der Waals surface area contributed by atoms with Gasteiger partial charge in [-0.15, -0.1) is 0 Å². The lowest BCUT2D eigenvalue weighted by Crippen LogP contribution is -2.00. The van der Waals surface area contributed by atoms with Crippen LogP contribution in [0, 0.1) is 3.57 Å². The molecule has 1 aromatic carbocycles. The third-order valence-corrected chi connectivity index (χ3v) is 3.30. The molecule has 0 unspecified atom stereocenters. The molecule has 0 fully saturated rings. The summed E-state index contributed by atoms with van der Waals surface area (Å²) in [5, 5.41) is 9.40. The summed E-state index contributed by atoms with van der Waals surface area (Å²) in [5.41, 5.74) is 1.81. The van der Waals surface area contributed by atoms with Crippen LogP contribution in [0.3, 0.4) is 0 Å². The van der Waals surface area contributed by atoms with Crippen molar-refractivity contribution in [1.29, 1.82) is 0 Å². The first-order chi connectivity index (χ1) is 8.27. The first kappa shape index (κ1) is 12.3. The normalized spacial score (nSPS) is 10.4. The Kier molecular flexibility index (Phi) is 4.27. The van der Waals surface area contributed by atoms with Gasteiger partial charge < -0.3 is 9.84 Å². The molecule has 0 saturated carbocycles. The fraction of sp³-hybridized carbons (Fsp3) is 0.167. The predicted molar refractivity (Wildman–Crippen MR) is 71.3 cm³/mol. The van der Waals surface area contributed by atoms with Gasteiger partial charge in [0.15, 0.2) is 0 Å². The van der Waals surface area contributed by atoms with Crippen LogP contribution in [0.5, 0.6) is 5.88 Å². The lowest BCUT2D eigenvalue weighted by atomic mass is 10.2. The van der Waals surface area contributed by atoms with Crippen molar-refractivity contribution in [3.05, 3.63) is 51.5 Å². The molecule has 0 radical (unpaired) electrons. The molecule has 88 valence electrons. The molecule has 2 aromatic rings. The van der Waals surface area contributed by atoms with Crippen molar-refractivity contribution < 1.29 is 9.84 Å². The Morgan fingerprint density at radius 3 is 2.65 bits per heavy atom. The van der Waals surface area contributed by atoms with Crippen molar-refractivity contribution in [3.8, 4) is 5.88 Å². The standard InChI is InChI=1S/C12H11IN2O2/c13-11-10(14-8-15-12(11)16)7-17-6-9-4-2-1-3-5-9/h1-5,8H,6-7H2,(H,14,15,16). The van der Waals surface area contributed by atoms with E-state index in [4.69, 9.17) is 4.74 Å². The molecule has 0 atom stereocenters. The quantitative estimate of drug-likeness (QED) is 0.868. The van der Waals surface area contributed by atoms with Crippen LogP contribution in [0.25, 0.3) is 0 Å². The fourth-order valence-electron chi connectivity index (χ4n) is 1.34. The van der Waals surface area contributed by atoms with E-state index in [0.29, 0.717) is 22.5 Å². The highest BCUT2D eigenvalue weighted by molar-refractivity contribution is 14.1. The summed E-state index contributed by atoms with van der Waals surface area (Å²) < 4.78 is 6.17. The molecule has 4 nitrogen and oxygen atoms in total. The van der Waals surface area contributed by atoms with Gasteiger partial charge in [0.05, 0.1) is 22.5 Å². The Bertz CT molecular complexity index is 491. The molecule has 0 amide bonds. The number of hydrogen-bond donors (Lipinski definition) is 1. The van der Waals surface area contributed by atoms with Crippen LogP contribution in [0.4, 0.5) is 0 Å². The average Bonchev–Trinajstić information content (AvgIpc) is 2.36. The van der Waals surface area contributed by atoms with Crippen LogP contribution in [-0.4, -0.2) is 15.1 Å². The summed E-state index contributed by atoms with van der Waals surface area (Å²) >= 11 is 2.00. The zero-order valence-corrected chi connectivity index (χ0v) is 11.2. The minimum absolute atomic E-state index is 0.00101. The van der Waals surface area contributed by atoms with Gasteiger partial charge in [0.2, 0.25) is 5.88 Å². The van der Waals surface area contributed by atoms with Gasteiger partial charge >= 0.3 is 0 Å². The molecule has 0 aliphatic carbocycles. The minimum atomic E-state index is -0.00101. The monoisotopic (exact) mass is 342 g/mol. The van der Waals surface area contributed by atoms with E-state index in [1.54, 1.807) is 0 Å². The third-order valence-electron chi connectivity index (χ3n) is 2.19. The van der Waals surface area contributed by atoms with Gasteiger partial charge in [-0.2, -0.15) is 0 Å². The van der Waals surface area contributed by atoms with E-state index in [2.05, 4.69) is 9.97 Å². The maximum Gasteiger partial charge on any atom is 0.228 e. The summed E-state index contributed by atoms with van der Waals surface area (Å²) in [6.07, 6.45) is 1.33. The highest BCUT2D eigenvalue weighted by Crippen LogP contribution is 2.19. The maximum absolute atomic E-state index is 9.40. The molecule has 1 aromatic heterocycles. The number of halogens is 1. The molecule has 0 aliphatic rings. The van der Waals surface area contributed by atoms with Crippen molar-refractivity contribution in [3.63, 3.8) is 0 Å². The first-order valence-corrected chi connectivity index (χ1v) is 6.15. The Hall–Kier alpha value is -1.21. The van der Waals surface area contributed by atoms with Crippen molar-refractivity contribution in [2.75, 3.05) is 0 Å². The van der Waals surface area contributed by atoms with E-state index in [9.17, 15) is 5.11 Å². The number of hydrogen-bond acceptors (Lipinski definition) is 4. The number of ether oxygens (including phenoxy) is 1. The molecular weight excluding hydrogens is 331 g/mol. The average molecular weight is 342 g/mol. The van der Waals surface area contributed by atoms with E-state index in [1.165, 1.54) is 6.33 Å². The van der Waals surface area contributed by atoms with Crippen molar-refractivity contribution in [2.24, 2.45) is 0 Å². The SMILES string of the molecule is Oc1ncnc(COCc2ccccc2)c1I. The van der Waals surface area contributed by atoms with Crippen LogP contribution >= 0.6 is 22.6 Å². The molecule has 0 saturated heterocycles. The highest BCUT2D eigenvalue weighted by Gasteiger charge is 2.07. The number of rotatable bonds is 4. The number of aromatic nitrogens is 2. The van der Waals surface area contributed by atoms with E-state index in [1.807, 2.05) is 52.9 Å². The highest BCUT2D eigenvalue weighted by atomic mass is 127. The molecule has 0 aliphatic heterocycles. The van der Waals surface area contributed by atoms with E-state index in [0.717, 1.165) is 5.56 Å². The molecule has 2 rings (SSSR count). The van der Waals surface area contributed by atoms with Crippen LogP contribution in [-0.2, 0) is 18.0 Å². The number of aromatic hydroxyl groups is 1. The maximum atomic E-state index is 9.40. The van der Waals surface area contributed by atoms with Crippen LogP contribution in [0.1, 0.15) is 11.3 Å². The molecule has 1 heterocycles. The van der Waals surface area contributed by atoms with E-state index in [-0.39, 0.29) is 5.88 Å². The van der Waals surface area contributed by atoms with Crippen molar-refractivity contribution >= 4 is 22.6 Å². The smallest absolute Gasteiger partial charge is 0.228 e. The molecule has 5 heteroatoms. The predicted octanol–water partition coefficient (Wildman–Crippen LogP) is 2.50. The topological polar surface area (TPSA) is 55.2 Å². The zero-order valence-electron chi connectivity index (χ0n) is 9.01. The van der Waals surface area contributed by atoms with Crippen LogP contribution in [0.15, 0.2) is 36.7 Å². The van der Waals surface area contributed by atoms with Gasteiger partial charge in [0.25, 0.3) is 0 Å². The fourth-order valence-corrected chi connectivity index (χ4v) is 1.77.